The normalized spacial score (nSPS) is 16.2. The Balaban J connectivity index is 1.72. The number of nitrogens with zero attached hydrogens (tertiary/aromatic N) is 2. The first-order valence-corrected chi connectivity index (χ1v) is 11.5. The van der Waals surface area contributed by atoms with Crippen molar-refractivity contribution >= 4 is 23.3 Å². The molecule has 2 amide bonds. The van der Waals surface area contributed by atoms with Crippen LogP contribution in [0.25, 0.3) is 0 Å². The number of phenols is 1. The monoisotopic (exact) mass is 493 g/mol. The molecular formula is C26H31N5O5. The molecule has 0 fully saturated rings. The van der Waals surface area contributed by atoms with Crippen molar-refractivity contribution in [3.8, 4) is 17.2 Å². The molecule has 10 nitrogen and oxygen atoms in total. The lowest BCUT2D eigenvalue weighted by atomic mass is 9.82. The van der Waals surface area contributed by atoms with Gasteiger partial charge in [-0.05, 0) is 35.2 Å². The minimum Gasteiger partial charge on any atom is -0.505 e. The van der Waals surface area contributed by atoms with Crippen molar-refractivity contribution in [1.29, 1.82) is 0 Å². The number of hydrogen-bond donors (Lipinski definition) is 4. The van der Waals surface area contributed by atoms with Gasteiger partial charge in [0.1, 0.15) is 23.0 Å². The fraction of sp³-hybridized carbons (Fsp3) is 0.346. The molecule has 0 aromatic heterocycles. The zero-order valence-corrected chi connectivity index (χ0v) is 21.2. The van der Waals surface area contributed by atoms with Crippen LogP contribution in [-0.4, -0.2) is 55.6 Å². The van der Waals surface area contributed by atoms with Gasteiger partial charge in [-0.2, -0.15) is 0 Å². The topological polar surface area (TPSA) is 125 Å². The summed E-state index contributed by atoms with van der Waals surface area (Å²) in [5, 5.41) is 19.5. The predicted molar refractivity (Wildman–Crippen MR) is 136 cm³/mol. The summed E-state index contributed by atoms with van der Waals surface area (Å²) in [5.74, 6) is 0.601. The fourth-order valence-corrected chi connectivity index (χ4v) is 4.27. The SMILES string of the molecule is CN=C(c1cccc(NC2=C(NC(c3ccc4c(c3)OCO4)C(C)(C)C)C(=O)NC2=O)c1O)N(C)C. The van der Waals surface area contributed by atoms with Crippen molar-refractivity contribution in [2.45, 2.75) is 26.8 Å². The number of aliphatic imine (C=N–C) groups is 1. The molecule has 2 heterocycles. The van der Waals surface area contributed by atoms with Gasteiger partial charge >= 0.3 is 0 Å². The highest BCUT2D eigenvalue weighted by Gasteiger charge is 2.36. The second-order valence-electron chi connectivity index (χ2n) is 9.86. The quantitative estimate of drug-likeness (QED) is 0.210. The molecular weight excluding hydrogens is 462 g/mol. The first-order valence-electron chi connectivity index (χ1n) is 11.5. The molecule has 190 valence electrons. The van der Waals surface area contributed by atoms with Gasteiger partial charge in [-0.3, -0.25) is 19.9 Å². The number of amides is 2. The first kappa shape index (κ1) is 24.9. The summed E-state index contributed by atoms with van der Waals surface area (Å²) in [6.07, 6.45) is 0. The molecule has 0 aliphatic carbocycles. The second-order valence-corrected chi connectivity index (χ2v) is 9.86. The Labute approximate surface area is 210 Å². The van der Waals surface area contributed by atoms with Gasteiger partial charge in [0.15, 0.2) is 11.5 Å². The van der Waals surface area contributed by atoms with Gasteiger partial charge in [-0.25, -0.2) is 0 Å². The molecule has 0 saturated heterocycles. The summed E-state index contributed by atoms with van der Waals surface area (Å²) in [4.78, 5) is 31.6. The van der Waals surface area contributed by atoms with Crippen LogP contribution in [0.3, 0.4) is 0 Å². The van der Waals surface area contributed by atoms with Crippen molar-refractivity contribution in [3.63, 3.8) is 0 Å². The van der Waals surface area contributed by atoms with E-state index in [4.69, 9.17) is 9.47 Å². The molecule has 36 heavy (non-hydrogen) atoms. The van der Waals surface area contributed by atoms with Crippen molar-refractivity contribution < 1.29 is 24.2 Å². The van der Waals surface area contributed by atoms with E-state index in [0.717, 1.165) is 5.56 Å². The Bertz CT molecular complexity index is 1280. The van der Waals surface area contributed by atoms with Gasteiger partial charge in [0.05, 0.1) is 17.3 Å². The van der Waals surface area contributed by atoms with Gasteiger partial charge < -0.3 is 30.1 Å². The van der Waals surface area contributed by atoms with Gasteiger partial charge in [-0.1, -0.05) is 32.9 Å². The molecule has 2 aromatic carbocycles. The molecule has 0 radical (unpaired) electrons. The molecule has 4 N–H and O–H groups in total. The number of nitrogens with one attached hydrogen (secondary N) is 3. The van der Waals surface area contributed by atoms with E-state index in [-0.39, 0.29) is 41.1 Å². The van der Waals surface area contributed by atoms with E-state index in [2.05, 4.69) is 20.9 Å². The lowest BCUT2D eigenvalue weighted by Crippen LogP contribution is -2.35. The summed E-state index contributed by atoms with van der Waals surface area (Å²) < 4.78 is 11.0. The zero-order chi connectivity index (χ0) is 26.2. The van der Waals surface area contributed by atoms with Crippen LogP contribution < -0.4 is 25.4 Å². The number of hydrogen-bond acceptors (Lipinski definition) is 8. The van der Waals surface area contributed by atoms with E-state index in [1.165, 1.54) is 0 Å². The number of fused-ring (bicyclic) bond motifs is 1. The second kappa shape index (κ2) is 9.44. The van der Waals surface area contributed by atoms with E-state index >= 15 is 0 Å². The molecule has 0 bridgehead atoms. The van der Waals surface area contributed by atoms with Crippen LogP contribution in [0.5, 0.6) is 17.2 Å². The zero-order valence-electron chi connectivity index (χ0n) is 21.2. The van der Waals surface area contributed by atoms with Crippen LogP contribution in [0.15, 0.2) is 52.8 Å². The number of anilines is 1. The van der Waals surface area contributed by atoms with Gasteiger partial charge in [0.25, 0.3) is 11.8 Å². The Morgan fingerprint density at radius 2 is 1.78 bits per heavy atom. The summed E-state index contributed by atoms with van der Waals surface area (Å²) in [6.45, 7) is 6.24. The minimum atomic E-state index is -0.595. The van der Waals surface area contributed by atoms with Crippen LogP contribution in [0.2, 0.25) is 0 Å². The van der Waals surface area contributed by atoms with Crippen molar-refractivity contribution in [1.82, 2.24) is 15.5 Å². The Kier molecular flexibility index (Phi) is 6.53. The van der Waals surface area contributed by atoms with E-state index in [0.29, 0.717) is 22.9 Å². The number of carbonyl (C=O) groups excluding carboxylic acids is 2. The average molecular weight is 494 g/mol. The molecule has 0 saturated carbocycles. The van der Waals surface area contributed by atoms with Crippen LogP contribution in [-0.2, 0) is 9.59 Å². The summed E-state index contributed by atoms with van der Waals surface area (Å²) >= 11 is 0. The highest BCUT2D eigenvalue weighted by molar-refractivity contribution is 6.20. The number of carbonyl (C=O) groups is 2. The number of phenolic OH excluding ortho intramolecular Hbond substituents is 1. The van der Waals surface area contributed by atoms with E-state index < -0.39 is 11.8 Å². The highest BCUT2D eigenvalue weighted by Crippen LogP contribution is 2.40. The molecule has 1 unspecified atom stereocenters. The number of benzene rings is 2. The lowest BCUT2D eigenvalue weighted by Gasteiger charge is -2.33. The Hall–Kier alpha value is -4.21. The maximum absolute atomic E-state index is 12.8. The predicted octanol–water partition coefficient (Wildman–Crippen LogP) is 2.72. The van der Waals surface area contributed by atoms with E-state index in [9.17, 15) is 14.7 Å². The molecule has 2 aliphatic rings. The molecule has 0 spiro atoms. The third-order valence-electron chi connectivity index (χ3n) is 5.99. The first-order chi connectivity index (χ1) is 17.0. The van der Waals surface area contributed by atoms with Gasteiger partial charge in [0.2, 0.25) is 6.79 Å². The van der Waals surface area contributed by atoms with E-state index in [1.807, 2.05) is 53.1 Å². The van der Waals surface area contributed by atoms with Gasteiger partial charge in [-0.15, -0.1) is 0 Å². The molecule has 2 aliphatic heterocycles. The maximum Gasteiger partial charge on any atom is 0.276 e. The van der Waals surface area contributed by atoms with Crippen LogP contribution in [0.4, 0.5) is 5.69 Å². The Morgan fingerprint density at radius 3 is 2.44 bits per heavy atom. The van der Waals surface area contributed by atoms with Crippen LogP contribution in [0.1, 0.15) is 37.9 Å². The third-order valence-corrected chi connectivity index (χ3v) is 5.99. The van der Waals surface area contributed by atoms with Crippen molar-refractivity contribution in [2.75, 3.05) is 33.3 Å². The summed E-state index contributed by atoms with van der Waals surface area (Å²) in [5.41, 5.74) is 1.37. The van der Waals surface area contributed by atoms with Crippen molar-refractivity contribution in [2.24, 2.45) is 10.4 Å². The number of aromatic hydroxyl groups is 1. The largest absolute Gasteiger partial charge is 0.505 e. The number of imide groups is 1. The highest BCUT2D eigenvalue weighted by atomic mass is 16.7. The average Bonchev–Trinajstić information content (AvgIpc) is 3.37. The van der Waals surface area contributed by atoms with Crippen molar-refractivity contribution in [3.05, 3.63) is 58.9 Å². The molecule has 10 heteroatoms. The van der Waals surface area contributed by atoms with Gasteiger partial charge in [0, 0.05) is 21.1 Å². The minimum absolute atomic E-state index is 0.0160. The van der Waals surface area contributed by atoms with E-state index in [1.54, 1.807) is 30.1 Å². The molecule has 4 rings (SSSR count). The standard InChI is InChI=1S/C26H31N5O5/c1-26(2,3)22(14-10-11-17-18(12-14)36-13-35-17)29-20-19(24(33)30-25(20)34)28-16-9-7-8-15(21(16)32)23(27-4)31(5)6/h7-12,22,32H,13H2,1-6H3,(H3,28,29,30,33,34). The van der Waals surface area contributed by atoms with Crippen LogP contribution >= 0.6 is 0 Å². The lowest BCUT2D eigenvalue weighted by molar-refractivity contribution is -0.124. The number of rotatable bonds is 6. The molecule has 2 aromatic rings. The Morgan fingerprint density at radius 1 is 1.08 bits per heavy atom. The van der Waals surface area contributed by atoms with Crippen LogP contribution in [0, 0.1) is 5.41 Å². The summed E-state index contributed by atoms with van der Waals surface area (Å²) in [7, 11) is 5.27. The molecule has 1 atom stereocenters. The maximum atomic E-state index is 12.8. The number of ether oxygens (including phenoxy) is 2. The smallest absolute Gasteiger partial charge is 0.276 e. The fourth-order valence-electron chi connectivity index (χ4n) is 4.27. The summed E-state index contributed by atoms with van der Waals surface area (Å²) in [6, 6.07) is 10.3. The number of amidine groups is 1. The number of para-hydroxylation sites is 1. The third kappa shape index (κ3) is 4.66.